The highest BCUT2D eigenvalue weighted by atomic mass is 19.1. The second-order valence-electron chi connectivity index (χ2n) is 8.61. The van der Waals surface area contributed by atoms with Crippen molar-refractivity contribution in [2.24, 2.45) is 0 Å². The van der Waals surface area contributed by atoms with Gasteiger partial charge in [0.25, 0.3) is 0 Å². The molecule has 27 heavy (non-hydrogen) atoms. The molecule has 5 heteroatoms. The van der Waals surface area contributed by atoms with E-state index >= 15 is 0 Å². The smallest absolute Gasteiger partial charge is 0.126 e. The molecule has 3 atom stereocenters. The first kappa shape index (κ1) is 17.4. The molecule has 2 saturated heterocycles. The van der Waals surface area contributed by atoms with Gasteiger partial charge in [-0.25, -0.2) is 4.39 Å². The van der Waals surface area contributed by atoms with Crippen LogP contribution in [-0.2, 0) is 19.6 Å². The lowest BCUT2D eigenvalue weighted by molar-refractivity contribution is 0.116. The average Bonchev–Trinajstić information content (AvgIpc) is 3.03. The van der Waals surface area contributed by atoms with Gasteiger partial charge in [-0.3, -0.25) is 9.58 Å². The van der Waals surface area contributed by atoms with Crippen LogP contribution in [0.5, 0.6) is 0 Å². The number of nitrogens with zero attached hydrogens (tertiary/aromatic N) is 3. The van der Waals surface area contributed by atoms with E-state index in [1.54, 1.807) is 6.07 Å². The van der Waals surface area contributed by atoms with Gasteiger partial charge in [-0.2, -0.15) is 5.10 Å². The molecule has 1 unspecified atom stereocenters. The van der Waals surface area contributed by atoms with Gasteiger partial charge in [0.15, 0.2) is 0 Å². The summed E-state index contributed by atoms with van der Waals surface area (Å²) in [5.74, 6) is 0.481. The Labute approximate surface area is 160 Å². The van der Waals surface area contributed by atoms with Crippen molar-refractivity contribution in [3.8, 4) is 0 Å². The lowest BCUT2D eigenvalue weighted by atomic mass is 9.84. The monoisotopic (exact) mass is 368 g/mol. The highest BCUT2D eigenvalue weighted by molar-refractivity contribution is 5.28. The summed E-state index contributed by atoms with van der Waals surface area (Å²) in [4.78, 5) is 2.70. The van der Waals surface area contributed by atoms with Crippen molar-refractivity contribution < 1.29 is 4.39 Å². The van der Waals surface area contributed by atoms with Crippen LogP contribution >= 0.6 is 0 Å². The Balaban J connectivity index is 1.30. The van der Waals surface area contributed by atoms with Crippen molar-refractivity contribution in [3.63, 3.8) is 0 Å². The minimum absolute atomic E-state index is 0.0896. The third-order valence-corrected chi connectivity index (χ3v) is 6.83. The normalized spacial score (nSPS) is 28.1. The topological polar surface area (TPSA) is 33.1 Å². The molecule has 0 saturated carbocycles. The number of rotatable bonds is 3. The first-order valence-corrected chi connectivity index (χ1v) is 10.5. The first-order chi connectivity index (χ1) is 13.2. The number of fused-ring (bicyclic) bond motifs is 3. The summed E-state index contributed by atoms with van der Waals surface area (Å²) in [5.41, 5.74) is 4.65. The molecule has 144 valence electrons. The van der Waals surface area contributed by atoms with Gasteiger partial charge in [-0.15, -0.1) is 0 Å². The van der Waals surface area contributed by atoms with Crippen LogP contribution in [0.4, 0.5) is 4.39 Å². The van der Waals surface area contributed by atoms with Crippen LogP contribution in [-0.4, -0.2) is 33.3 Å². The lowest BCUT2D eigenvalue weighted by Gasteiger charge is -2.39. The molecule has 5 rings (SSSR count). The van der Waals surface area contributed by atoms with Crippen molar-refractivity contribution in [1.29, 1.82) is 0 Å². The summed E-state index contributed by atoms with van der Waals surface area (Å²) < 4.78 is 15.8. The van der Waals surface area contributed by atoms with Gasteiger partial charge in [0.1, 0.15) is 5.82 Å². The maximum absolute atomic E-state index is 13.6. The van der Waals surface area contributed by atoms with Gasteiger partial charge in [0.05, 0.1) is 11.4 Å². The van der Waals surface area contributed by atoms with E-state index in [-0.39, 0.29) is 5.82 Å². The van der Waals surface area contributed by atoms with E-state index in [1.165, 1.54) is 42.6 Å². The predicted molar refractivity (Wildman–Crippen MR) is 104 cm³/mol. The molecule has 0 spiro atoms. The Bertz CT molecular complexity index is 792. The highest BCUT2D eigenvalue weighted by Gasteiger charge is 2.41. The number of aromatic nitrogens is 2. The standard InChI is InChI=1S/C22H29FN4/c1-15-9-16(3-6-22(15)23)17-10-19-4-5-20(11-17)26(19)14-18-12-21-13-24-7-2-8-27(21)25-18/h3,6,9,12,17,19-20,24H,2,4-5,7-8,10-11,13-14H2,1H3/t17?,19-,20+. The fraction of sp³-hybridized carbons (Fsp3) is 0.591. The summed E-state index contributed by atoms with van der Waals surface area (Å²) in [6.07, 6.45) is 6.11. The molecule has 0 aliphatic carbocycles. The number of hydrogen-bond donors (Lipinski definition) is 1. The zero-order chi connectivity index (χ0) is 18.4. The number of piperidine rings is 1. The van der Waals surface area contributed by atoms with E-state index < -0.39 is 0 Å². The maximum atomic E-state index is 13.6. The minimum Gasteiger partial charge on any atom is -0.311 e. The molecule has 0 radical (unpaired) electrons. The van der Waals surface area contributed by atoms with Crippen LogP contribution in [0.2, 0.25) is 0 Å². The van der Waals surface area contributed by atoms with E-state index in [0.29, 0.717) is 18.0 Å². The third-order valence-electron chi connectivity index (χ3n) is 6.83. The molecular formula is C22H29FN4. The quantitative estimate of drug-likeness (QED) is 0.896. The van der Waals surface area contributed by atoms with Crippen LogP contribution < -0.4 is 5.32 Å². The zero-order valence-electron chi connectivity index (χ0n) is 16.1. The molecule has 1 aromatic carbocycles. The molecule has 0 amide bonds. The lowest BCUT2D eigenvalue weighted by Crippen LogP contribution is -2.41. The van der Waals surface area contributed by atoms with Crippen molar-refractivity contribution >= 4 is 0 Å². The van der Waals surface area contributed by atoms with Gasteiger partial charge >= 0.3 is 0 Å². The summed E-state index contributed by atoms with van der Waals surface area (Å²) in [5, 5.41) is 8.37. The second-order valence-corrected chi connectivity index (χ2v) is 8.61. The number of benzene rings is 1. The Hall–Kier alpha value is -1.72. The largest absolute Gasteiger partial charge is 0.311 e. The second kappa shape index (κ2) is 7.02. The molecule has 2 fully saturated rings. The van der Waals surface area contributed by atoms with E-state index in [2.05, 4.69) is 27.0 Å². The fourth-order valence-corrected chi connectivity index (χ4v) is 5.41. The first-order valence-electron chi connectivity index (χ1n) is 10.5. The average molecular weight is 369 g/mol. The summed E-state index contributed by atoms with van der Waals surface area (Å²) in [7, 11) is 0. The van der Waals surface area contributed by atoms with E-state index in [9.17, 15) is 4.39 Å². The SMILES string of the molecule is Cc1cc(C2C[C@H]3CC[C@@H](C2)N3Cc2cc3n(n2)CCCNC3)ccc1F. The number of hydrogen-bond acceptors (Lipinski definition) is 3. The van der Waals surface area contributed by atoms with Gasteiger partial charge in [-0.05, 0) is 74.8 Å². The fourth-order valence-electron chi connectivity index (χ4n) is 5.41. The summed E-state index contributed by atoms with van der Waals surface area (Å²) in [6, 6.07) is 9.28. The predicted octanol–water partition coefficient (Wildman–Crippen LogP) is 3.73. The van der Waals surface area contributed by atoms with E-state index in [1.807, 2.05) is 13.0 Å². The molecule has 2 bridgehead atoms. The van der Waals surface area contributed by atoms with Crippen molar-refractivity contribution in [1.82, 2.24) is 20.0 Å². The van der Waals surface area contributed by atoms with Crippen LogP contribution in [0.3, 0.4) is 0 Å². The summed E-state index contributed by atoms with van der Waals surface area (Å²) >= 11 is 0. The highest BCUT2D eigenvalue weighted by Crippen LogP contribution is 2.43. The van der Waals surface area contributed by atoms with Crippen molar-refractivity contribution in [2.75, 3.05) is 6.54 Å². The minimum atomic E-state index is -0.0896. The molecule has 1 N–H and O–H groups in total. The van der Waals surface area contributed by atoms with Gasteiger partial charge in [-0.1, -0.05) is 12.1 Å². The van der Waals surface area contributed by atoms with Crippen LogP contribution in [0.1, 0.15) is 60.5 Å². The van der Waals surface area contributed by atoms with Gasteiger partial charge in [0, 0.05) is 31.7 Å². The van der Waals surface area contributed by atoms with E-state index in [4.69, 9.17) is 5.10 Å². The Kier molecular flexibility index (Phi) is 4.52. The molecule has 1 aromatic heterocycles. The van der Waals surface area contributed by atoms with Crippen molar-refractivity contribution in [3.05, 3.63) is 52.6 Å². The Morgan fingerprint density at radius 2 is 2.00 bits per heavy atom. The summed E-state index contributed by atoms with van der Waals surface area (Å²) in [6.45, 7) is 5.90. The Morgan fingerprint density at radius 3 is 2.78 bits per heavy atom. The zero-order valence-corrected chi connectivity index (χ0v) is 16.1. The van der Waals surface area contributed by atoms with Crippen LogP contribution in [0.15, 0.2) is 24.3 Å². The van der Waals surface area contributed by atoms with Gasteiger partial charge in [0.2, 0.25) is 0 Å². The molecule has 3 aliphatic heterocycles. The number of aryl methyl sites for hydroxylation is 2. The van der Waals surface area contributed by atoms with Crippen LogP contribution in [0, 0.1) is 12.7 Å². The maximum Gasteiger partial charge on any atom is 0.126 e. The molecule has 4 nitrogen and oxygen atoms in total. The van der Waals surface area contributed by atoms with Gasteiger partial charge < -0.3 is 5.32 Å². The number of halogens is 1. The van der Waals surface area contributed by atoms with Crippen LogP contribution in [0.25, 0.3) is 0 Å². The molecule has 3 aliphatic rings. The molecular weight excluding hydrogens is 339 g/mol. The Morgan fingerprint density at radius 1 is 1.19 bits per heavy atom. The number of nitrogens with one attached hydrogen (secondary N) is 1. The van der Waals surface area contributed by atoms with Crippen molar-refractivity contribution in [2.45, 2.75) is 76.7 Å². The molecule has 4 heterocycles. The van der Waals surface area contributed by atoms with E-state index in [0.717, 1.165) is 38.2 Å². The molecule has 2 aromatic rings. The third kappa shape index (κ3) is 3.32.